The summed E-state index contributed by atoms with van der Waals surface area (Å²) in [5.41, 5.74) is 3.40. The first-order valence-corrected chi connectivity index (χ1v) is 5.07. The second-order valence-corrected chi connectivity index (χ2v) is 3.68. The zero-order valence-corrected chi connectivity index (χ0v) is 9.27. The molecule has 0 radical (unpaired) electrons. The second-order valence-electron chi connectivity index (χ2n) is 3.68. The highest BCUT2D eigenvalue weighted by Crippen LogP contribution is 2.18. The maximum absolute atomic E-state index is 11.3. The monoisotopic (exact) mass is 212 g/mol. The lowest BCUT2D eigenvalue weighted by atomic mass is 10.1. The second kappa shape index (κ2) is 4.23. The van der Waals surface area contributed by atoms with Gasteiger partial charge in [-0.1, -0.05) is 18.2 Å². The van der Waals surface area contributed by atoms with Crippen LogP contribution in [0.1, 0.15) is 23.0 Å². The van der Waals surface area contributed by atoms with Gasteiger partial charge >= 0.3 is 0 Å². The summed E-state index contributed by atoms with van der Waals surface area (Å²) in [6, 6.07) is 9.36. The van der Waals surface area contributed by atoms with Crippen LogP contribution in [0.25, 0.3) is 11.3 Å². The molecule has 3 heteroatoms. The van der Waals surface area contributed by atoms with Crippen LogP contribution < -0.4 is 0 Å². The van der Waals surface area contributed by atoms with Crippen LogP contribution in [-0.2, 0) is 0 Å². The summed E-state index contributed by atoms with van der Waals surface area (Å²) in [5, 5.41) is 0. The molecule has 1 aromatic carbocycles. The molecular weight excluding hydrogens is 200 g/mol. The van der Waals surface area contributed by atoms with Crippen molar-refractivity contribution in [3.8, 4) is 11.3 Å². The molecule has 0 aliphatic heterocycles. The predicted molar refractivity (Wildman–Crippen MR) is 62.2 cm³/mol. The van der Waals surface area contributed by atoms with Crippen molar-refractivity contribution in [2.45, 2.75) is 13.8 Å². The van der Waals surface area contributed by atoms with Gasteiger partial charge in [-0.3, -0.25) is 4.79 Å². The van der Waals surface area contributed by atoms with Gasteiger partial charge in [0.25, 0.3) is 0 Å². The van der Waals surface area contributed by atoms with Crippen LogP contribution in [0.4, 0.5) is 0 Å². The molecule has 0 spiro atoms. The van der Waals surface area contributed by atoms with E-state index in [1.165, 1.54) is 6.33 Å². The van der Waals surface area contributed by atoms with Gasteiger partial charge in [0, 0.05) is 16.8 Å². The van der Waals surface area contributed by atoms with Crippen LogP contribution in [0.15, 0.2) is 36.7 Å². The van der Waals surface area contributed by atoms with Crippen molar-refractivity contribution >= 4 is 5.78 Å². The van der Waals surface area contributed by atoms with Gasteiger partial charge in [0.05, 0.1) is 5.69 Å². The summed E-state index contributed by atoms with van der Waals surface area (Å²) in [6.07, 6.45) is 1.53. The molecule has 0 aliphatic carbocycles. The Hall–Kier alpha value is -2.03. The number of hydrogen-bond donors (Lipinski definition) is 0. The largest absolute Gasteiger partial charge is 0.295 e. The van der Waals surface area contributed by atoms with Crippen LogP contribution in [0, 0.1) is 6.92 Å². The van der Waals surface area contributed by atoms with Crippen molar-refractivity contribution < 1.29 is 4.79 Å². The molecule has 1 heterocycles. The number of Topliss-reactive ketones (excluding diaryl/α,β-unsaturated/α-hetero) is 1. The Kier molecular flexibility index (Phi) is 2.77. The molecule has 2 rings (SSSR count). The van der Waals surface area contributed by atoms with E-state index in [0.717, 1.165) is 17.0 Å². The summed E-state index contributed by atoms with van der Waals surface area (Å²) in [5.74, 6) is 0.0626. The number of aromatic nitrogens is 2. The standard InChI is InChI=1S/C13H12N2O/c1-9-6-13(15-8-14-9)12-5-3-4-11(7-12)10(2)16/h3-8H,1-2H3. The first-order chi connectivity index (χ1) is 7.66. The molecule has 0 saturated carbocycles. The molecule has 0 N–H and O–H groups in total. The van der Waals surface area contributed by atoms with E-state index in [0.29, 0.717) is 5.56 Å². The summed E-state index contributed by atoms with van der Waals surface area (Å²) >= 11 is 0. The third-order valence-corrected chi connectivity index (χ3v) is 2.37. The number of nitrogens with zero attached hydrogens (tertiary/aromatic N) is 2. The Morgan fingerprint density at radius 1 is 1.19 bits per heavy atom. The third kappa shape index (κ3) is 2.14. The van der Waals surface area contributed by atoms with E-state index in [-0.39, 0.29) is 5.78 Å². The molecule has 0 saturated heterocycles. The van der Waals surface area contributed by atoms with Gasteiger partial charge in [0.2, 0.25) is 0 Å². The fourth-order valence-corrected chi connectivity index (χ4v) is 1.51. The number of carbonyl (C=O) groups is 1. The van der Waals surface area contributed by atoms with Crippen molar-refractivity contribution in [1.82, 2.24) is 9.97 Å². The average molecular weight is 212 g/mol. The van der Waals surface area contributed by atoms with Gasteiger partial charge in [-0.2, -0.15) is 0 Å². The van der Waals surface area contributed by atoms with Gasteiger partial charge in [-0.15, -0.1) is 0 Å². The smallest absolute Gasteiger partial charge is 0.159 e. The van der Waals surface area contributed by atoms with Crippen LogP contribution in [0.5, 0.6) is 0 Å². The number of benzene rings is 1. The lowest BCUT2D eigenvalue weighted by molar-refractivity contribution is 0.101. The zero-order valence-electron chi connectivity index (χ0n) is 9.27. The first kappa shape index (κ1) is 10.5. The summed E-state index contributed by atoms with van der Waals surface area (Å²) in [4.78, 5) is 19.5. The summed E-state index contributed by atoms with van der Waals surface area (Å²) in [7, 11) is 0. The quantitative estimate of drug-likeness (QED) is 0.719. The van der Waals surface area contributed by atoms with Gasteiger partial charge in [0.1, 0.15) is 6.33 Å². The Balaban J connectivity index is 2.48. The number of aryl methyl sites for hydroxylation is 1. The van der Waals surface area contributed by atoms with Crippen LogP contribution in [0.3, 0.4) is 0 Å². The molecule has 0 amide bonds. The van der Waals surface area contributed by atoms with E-state index in [4.69, 9.17) is 0 Å². The highest BCUT2D eigenvalue weighted by molar-refractivity contribution is 5.95. The lowest BCUT2D eigenvalue weighted by Gasteiger charge is -2.02. The molecule has 80 valence electrons. The minimum absolute atomic E-state index is 0.0626. The van der Waals surface area contributed by atoms with E-state index in [2.05, 4.69) is 9.97 Å². The SMILES string of the molecule is CC(=O)c1cccc(-c2cc(C)ncn2)c1. The molecule has 0 aliphatic rings. The maximum Gasteiger partial charge on any atom is 0.159 e. The highest BCUT2D eigenvalue weighted by atomic mass is 16.1. The Morgan fingerprint density at radius 2 is 2.00 bits per heavy atom. The molecule has 3 nitrogen and oxygen atoms in total. The van der Waals surface area contributed by atoms with Crippen LogP contribution in [-0.4, -0.2) is 15.8 Å². The lowest BCUT2D eigenvalue weighted by Crippen LogP contribution is -1.93. The Bertz CT molecular complexity index is 535. The molecule has 0 bridgehead atoms. The average Bonchev–Trinajstić information content (AvgIpc) is 2.29. The predicted octanol–water partition coefficient (Wildman–Crippen LogP) is 2.65. The van der Waals surface area contributed by atoms with Gasteiger partial charge in [0.15, 0.2) is 5.78 Å². The van der Waals surface area contributed by atoms with Crippen molar-refractivity contribution in [3.63, 3.8) is 0 Å². The summed E-state index contributed by atoms with van der Waals surface area (Å²) in [6.45, 7) is 3.48. The maximum atomic E-state index is 11.3. The zero-order chi connectivity index (χ0) is 11.5. The normalized spacial score (nSPS) is 10.1. The van der Waals surface area contributed by atoms with Crippen LogP contribution in [0.2, 0.25) is 0 Å². The van der Waals surface area contributed by atoms with E-state index >= 15 is 0 Å². The number of rotatable bonds is 2. The fraction of sp³-hybridized carbons (Fsp3) is 0.154. The van der Waals surface area contributed by atoms with E-state index in [9.17, 15) is 4.79 Å². The minimum Gasteiger partial charge on any atom is -0.295 e. The Labute approximate surface area is 94.2 Å². The van der Waals surface area contributed by atoms with Gasteiger partial charge in [-0.25, -0.2) is 9.97 Å². The molecule has 0 fully saturated rings. The van der Waals surface area contributed by atoms with E-state index < -0.39 is 0 Å². The summed E-state index contributed by atoms with van der Waals surface area (Å²) < 4.78 is 0. The molecule has 2 aromatic rings. The topological polar surface area (TPSA) is 42.9 Å². The fourth-order valence-electron chi connectivity index (χ4n) is 1.51. The first-order valence-electron chi connectivity index (χ1n) is 5.07. The van der Waals surface area contributed by atoms with Crippen molar-refractivity contribution in [2.75, 3.05) is 0 Å². The molecule has 0 unspecified atom stereocenters. The van der Waals surface area contributed by atoms with Crippen LogP contribution >= 0.6 is 0 Å². The van der Waals surface area contributed by atoms with Crippen molar-refractivity contribution in [3.05, 3.63) is 47.9 Å². The number of ketones is 1. The van der Waals surface area contributed by atoms with E-state index in [1.807, 2.05) is 31.2 Å². The van der Waals surface area contributed by atoms with Gasteiger partial charge < -0.3 is 0 Å². The molecule has 0 atom stereocenters. The minimum atomic E-state index is 0.0626. The van der Waals surface area contributed by atoms with Gasteiger partial charge in [-0.05, 0) is 26.0 Å². The van der Waals surface area contributed by atoms with Crippen molar-refractivity contribution in [2.24, 2.45) is 0 Å². The number of carbonyl (C=O) groups excluding carboxylic acids is 1. The van der Waals surface area contributed by atoms with Crippen molar-refractivity contribution in [1.29, 1.82) is 0 Å². The molecule has 16 heavy (non-hydrogen) atoms. The van der Waals surface area contributed by atoms with E-state index in [1.54, 1.807) is 13.0 Å². The third-order valence-electron chi connectivity index (χ3n) is 2.37. The molecule has 1 aromatic heterocycles. The highest BCUT2D eigenvalue weighted by Gasteiger charge is 2.03. The Morgan fingerprint density at radius 3 is 2.69 bits per heavy atom. The number of hydrogen-bond acceptors (Lipinski definition) is 3. The molecular formula is C13H12N2O.